The first-order valence-electron chi connectivity index (χ1n) is 13.6. The molecular weight excluding hydrogens is 514 g/mol. The Bertz CT molecular complexity index is 1410. The number of nitrogens with zero attached hydrogens (tertiary/aromatic N) is 4. The van der Waals surface area contributed by atoms with Crippen LogP contribution in [0.2, 0.25) is 0 Å². The van der Waals surface area contributed by atoms with Crippen molar-refractivity contribution in [3.05, 3.63) is 77.3 Å². The SMILES string of the molecule is CCN=c1ncn(Cc2ccc(OC)c(OC3CCCC3)c2)c2nc(CC(C)OCc3ccccc3)[nH]c12.Cl. The summed E-state index contributed by atoms with van der Waals surface area (Å²) in [6.07, 6.45) is 7.37. The fourth-order valence-electron chi connectivity index (χ4n) is 4.94. The number of benzene rings is 2. The summed E-state index contributed by atoms with van der Waals surface area (Å²) in [6.45, 7) is 5.91. The van der Waals surface area contributed by atoms with Gasteiger partial charge in [0.05, 0.1) is 38.8 Å². The van der Waals surface area contributed by atoms with Crippen LogP contribution in [0.4, 0.5) is 0 Å². The third kappa shape index (κ3) is 7.19. The third-order valence-corrected chi connectivity index (χ3v) is 6.89. The van der Waals surface area contributed by atoms with E-state index in [0.717, 1.165) is 52.5 Å². The molecule has 1 fully saturated rings. The monoisotopic (exact) mass is 551 g/mol. The van der Waals surface area contributed by atoms with Gasteiger partial charge >= 0.3 is 0 Å². The lowest BCUT2D eigenvalue weighted by Crippen LogP contribution is -2.15. The van der Waals surface area contributed by atoms with E-state index in [-0.39, 0.29) is 24.6 Å². The van der Waals surface area contributed by atoms with Crippen LogP contribution in [-0.2, 0) is 24.3 Å². The van der Waals surface area contributed by atoms with Crippen LogP contribution in [0.5, 0.6) is 11.5 Å². The first-order valence-corrected chi connectivity index (χ1v) is 13.6. The quantitative estimate of drug-likeness (QED) is 0.261. The number of ether oxygens (including phenoxy) is 3. The number of hydrogen-bond donors (Lipinski definition) is 1. The number of aromatic amines is 1. The molecule has 1 aliphatic rings. The van der Waals surface area contributed by atoms with Crippen molar-refractivity contribution in [2.24, 2.45) is 4.99 Å². The van der Waals surface area contributed by atoms with Crippen molar-refractivity contribution in [3.8, 4) is 11.5 Å². The summed E-state index contributed by atoms with van der Waals surface area (Å²) >= 11 is 0. The highest BCUT2D eigenvalue weighted by molar-refractivity contribution is 5.85. The second-order valence-electron chi connectivity index (χ2n) is 9.87. The molecule has 0 radical (unpaired) electrons. The molecule has 1 N–H and O–H groups in total. The van der Waals surface area contributed by atoms with Gasteiger partial charge in [-0.2, -0.15) is 0 Å². The van der Waals surface area contributed by atoms with E-state index < -0.39 is 0 Å². The van der Waals surface area contributed by atoms with Crippen LogP contribution in [0.25, 0.3) is 11.2 Å². The van der Waals surface area contributed by atoms with Crippen molar-refractivity contribution in [1.82, 2.24) is 19.5 Å². The van der Waals surface area contributed by atoms with Crippen molar-refractivity contribution >= 4 is 23.6 Å². The van der Waals surface area contributed by atoms with Gasteiger partial charge in [0.25, 0.3) is 0 Å². The van der Waals surface area contributed by atoms with Crippen molar-refractivity contribution in [1.29, 1.82) is 0 Å². The van der Waals surface area contributed by atoms with Crippen LogP contribution >= 0.6 is 12.4 Å². The molecule has 208 valence electrons. The van der Waals surface area contributed by atoms with Gasteiger partial charge in [0.2, 0.25) is 0 Å². The number of halogens is 1. The molecule has 0 bridgehead atoms. The first kappa shape index (κ1) is 28.6. The normalized spacial score (nSPS) is 14.9. The van der Waals surface area contributed by atoms with Crippen molar-refractivity contribution in [2.75, 3.05) is 13.7 Å². The minimum atomic E-state index is 0. The molecule has 2 aromatic carbocycles. The van der Waals surface area contributed by atoms with E-state index in [2.05, 4.69) is 50.7 Å². The Balaban J connectivity index is 0.00000353. The fraction of sp³-hybridized carbons (Fsp3) is 0.433. The van der Waals surface area contributed by atoms with Crippen LogP contribution in [0.15, 0.2) is 59.9 Å². The van der Waals surface area contributed by atoms with Gasteiger partial charge in [-0.3, -0.25) is 4.99 Å². The van der Waals surface area contributed by atoms with Gasteiger partial charge in [0, 0.05) is 13.0 Å². The molecule has 5 rings (SSSR count). The first-order chi connectivity index (χ1) is 18.6. The minimum Gasteiger partial charge on any atom is -0.493 e. The molecule has 1 unspecified atom stereocenters. The zero-order valence-electron chi connectivity index (χ0n) is 22.9. The average Bonchev–Trinajstić information content (AvgIpc) is 3.60. The van der Waals surface area contributed by atoms with Gasteiger partial charge in [0.15, 0.2) is 22.6 Å². The Morgan fingerprint density at radius 2 is 1.87 bits per heavy atom. The topological polar surface area (TPSA) is 86.6 Å². The summed E-state index contributed by atoms with van der Waals surface area (Å²) in [5, 5.41) is 0. The molecule has 0 saturated heterocycles. The standard InChI is InChI=1S/C30H37N5O3.ClH/c1-4-31-29-28-30(34-27(33-28)16-21(2)37-19-22-10-6-5-7-11-22)35(20-32-29)18-23-14-15-25(36-3)26(17-23)38-24-12-8-9-13-24;/h5-7,10-11,14-15,17,20-21,24H,4,8-9,12-13,16,18-19H2,1-3H3,(H,33,34);1H. The second-order valence-corrected chi connectivity index (χ2v) is 9.87. The number of nitrogens with one attached hydrogen (secondary N) is 1. The molecule has 0 aliphatic heterocycles. The Morgan fingerprint density at radius 1 is 1.08 bits per heavy atom. The van der Waals surface area contributed by atoms with E-state index >= 15 is 0 Å². The van der Waals surface area contributed by atoms with Crippen LogP contribution < -0.4 is 15.0 Å². The summed E-state index contributed by atoms with van der Waals surface area (Å²) in [4.78, 5) is 17.6. The summed E-state index contributed by atoms with van der Waals surface area (Å²) in [6, 6.07) is 16.3. The van der Waals surface area contributed by atoms with Crippen LogP contribution in [-0.4, -0.2) is 45.4 Å². The number of hydrogen-bond acceptors (Lipinski definition) is 6. The number of imidazole rings is 1. The maximum atomic E-state index is 6.32. The van der Waals surface area contributed by atoms with Crippen LogP contribution in [0.1, 0.15) is 56.5 Å². The maximum Gasteiger partial charge on any atom is 0.176 e. The predicted octanol–water partition coefficient (Wildman–Crippen LogP) is 5.63. The molecule has 0 amide bonds. The Labute approximate surface area is 235 Å². The van der Waals surface area contributed by atoms with Crippen molar-refractivity contribution in [3.63, 3.8) is 0 Å². The molecule has 1 aliphatic carbocycles. The summed E-state index contributed by atoms with van der Waals surface area (Å²) in [5.41, 5.74) is 4.60. The molecule has 0 spiro atoms. The highest BCUT2D eigenvalue weighted by Crippen LogP contribution is 2.32. The van der Waals surface area contributed by atoms with E-state index in [1.807, 2.05) is 37.5 Å². The lowest BCUT2D eigenvalue weighted by molar-refractivity contribution is 0.0524. The maximum absolute atomic E-state index is 6.32. The van der Waals surface area contributed by atoms with E-state index in [1.165, 1.54) is 12.8 Å². The third-order valence-electron chi connectivity index (χ3n) is 6.89. The number of rotatable bonds is 11. The van der Waals surface area contributed by atoms with E-state index in [1.54, 1.807) is 7.11 Å². The van der Waals surface area contributed by atoms with E-state index in [0.29, 0.717) is 31.6 Å². The predicted molar refractivity (Wildman–Crippen MR) is 155 cm³/mol. The molecule has 1 atom stereocenters. The van der Waals surface area contributed by atoms with Crippen molar-refractivity contribution < 1.29 is 14.2 Å². The lowest BCUT2D eigenvalue weighted by Gasteiger charge is -2.17. The molecule has 39 heavy (non-hydrogen) atoms. The zero-order chi connectivity index (χ0) is 26.3. The minimum absolute atomic E-state index is 0. The highest BCUT2D eigenvalue weighted by atomic mass is 35.5. The molecule has 2 heterocycles. The van der Waals surface area contributed by atoms with Gasteiger partial charge in [-0.05, 0) is 62.8 Å². The van der Waals surface area contributed by atoms with Gasteiger partial charge in [0.1, 0.15) is 11.3 Å². The number of H-pyrrole nitrogens is 1. The smallest absolute Gasteiger partial charge is 0.176 e. The molecule has 1 saturated carbocycles. The van der Waals surface area contributed by atoms with Crippen molar-refractivity contribution in [2.45, 2.75) is 71.3 Å². The van der Waals surface area contributed by atoms with Crippen LogP contribution in [0, 0.1) is 0 Å². The lowest BCUT2D eigenvalue weighted by atomic mass is 10.2. The Morgan fingerprint density at radius 3 is 2.62 bits per heavy atom. The molecular formula is C30H38ClN5O3. The van der Waals surface area contributed by atoms with Gasteiger partial charge in [-0.25, -0.2) is 9.97 Å². The second kappa shape index (κ2) is 13.6. The molecule has 4 aromatic rings. The highest BCUT2D eigenvalue weighted by Gasteiger charge is 2.19. The van der Waals surface area contributed by atoms with E-state index in [9.17, 15) is 0 Å². The molecule has 2 aromatic heterocycles. The Hall–Kier alpha value is -3.36. The molecule has 9 heteroatoms. The largest absolute Gasteiger partial charge is 0.493 e. The van der Waals surface area contributed by atoms with Gasteiger partial charge in [-0.1, -0.05) is 36.4 Å². The number of methoxy groups -OCH3 is 1. The van der Waals surface area contributed by atoms with E-state index in [4.69, 9.17) is 19.2 Å². The van der Waals surface area contributed by atoms with Gasteiger partial charge in [-0.15, -0.1) is 12.4 Å². The summed E-state index contributed by atoms with van der Waals surface area (Å²) < 4.78 is 20.0. The molecule has 8 nitrogen and oxygen atoms in total. The summed E-state index contributed by atoms with van der Waals surface area (Å²) in [5.74, 6) is 2.42. The van der Waals surface area contributed by atoms with Crippen LogP contribution in [0.3, 0.4) is 0 Å². The average molecular weight is 552 g/mol. The Kier molecular flexibility index (Phi) is 10.0. The number of fused-ring (bicyclic) bond motifs is 1. The zero-order valence-corrected chi connectivity index (χ0v) is 23.7. The fourth-order valence-corrected chi connectivity index (χ4v) is 4.94. The van der Waals surface area contributed by atoms with Gasteiger partial charge < -0.3 is 23.8 Å². The summed E-state index contributed by atoms with van der Waals surface area (Å²) in [7, 11) is 1.69. The number of aromatic nitrogens is 4.